The van der Waals surface area contributed by atoms with Crippen molar-refractivity contribution in [1.29, 1.82) is 0 Å². The lowest BCUT2D eigenvalue weighted by molar-refractivity contribution is 0.102. The number of hydrogen-bond acceptors (Lipinski definition) is 4. The zero-order valence-corrected chi connectivity index (χ0v) is 15.4. The van der Waals surface area contributed by atoms with E-state index in [1.165, 1.54) is 25.0 Å². The first-order valence-corrected chi connectivity index (χ1v) is 9.12. The third kappa shape index (κ3) is 3.47. The fraction of sp³-hybridized carbons (Fsp3) is 0.286. The fourth-order valence-corrected chi connectivity index (χ4v) is 3.42. The van der Waals surface area contributed by atoms with Crippen molar-refractivity contribution in [3.8, 4) is 0 Å². The summed E-state index contributed by atoms with van der Waals surface area (Å²) >= 11 is 0. The normalized spacial score (nSPS) is 14.0. The van der Waals surface area contributed by atoms with Gasteiger partial charge >= 0.3 is 0 Å². The number of amides is 1. The number of anilines is 2. The number of rotatable bonds is 3. The smallest absolute Gasteiger partial charge is 0.258 e. The Kier molecular flexibility index (Phi) is 4.48. The Morgan fingerprint density at radius 2 is 1.81 bits per heavy atom. The molecule has 1 aromatic heterocycles. The van der Waals surface area contributed by atoms with E-state index in [0.717, 1.165) is 30.2 Å². The van der Waals surface area contributed by atoms with E-state index in [2.05, 4.69) is 20.2 Å². The van der Waals surface area contributed by atoms with Crippen molar-refractivity contribution in [2.75, 3.05) is 23.3 Å². The second-order valence-corrected chi connectivity index (χ2v) is 6.91. The lowest BCUT2D eigenvalue weighted by Gasteiger charge is -2.18. The van der Waals surface area contributed by atoms with Crippen LogP contribution in [0.15, 0.2) is 36.4 Å². The Bertz CT molecular complexity index is 1030. The van der Waals surface area contributed by atoms with E-state index in [1.807, 2.05) is 38.1 Å². The van der Waals surface area contributed by atoms with Crippen LogP contribution in [0.1, 0.15) is 34.6 Å². The quantitative estimate of drug-likeness (QED) is 0.755. The molecule has 0 atom stereocenters. The summed E-state index contributed by atoms with van der Waals surface area (Å²) in [5, 5.41) is 2.88. The molecule has 1 aliphatic heterocycles. The minimum absolute atomic E-state index is 0.187. The molecule has 0 aliphatic carbocycles. The van der Waals surface area contributed by atoms with Crippen LogP contribution < -0.4 is 10.2 Å². The molecule has 5 nitrogen and oxygen atoms in total. The molecule has 27 heavy (non-hydrogen) atoms. The summed E-state index contributed by atoms with van der Waals surface area (Å²) in [7, 11) is 0. The summed E-state index contributed by atoms with van der Waals surface area (Å²) < 4.78 is 14.0. The minimum atomic E-state index is -0.504. The van der Waals surface area contributed by atoms with Gasteiger partial charge in [-0.15, -0.1) is 0 Å². The zero-order chi connectivity index (χ0) is 19.0. The molecule has 1 amide bonds. The molecular weight excluding hydrogens is 343 g/mol. The van der Waals surface area contributed by atoms with Gasteiger partial charge in [-0.25, -0.2) is 14.4 Å². The highest BCUT2D eigenvalue weighted by Gasteiger charge is 2.17. The van der Waals surface area contributed by atoms with Crippen molar-refractivity contribution in [1.82, 2.24) is 9.97 Å². The topological polar surface area (TPSA) is 58.1 Å². The highest BCUT2D eigenvalue weighted by atomic mass is 19.1. The van der Waals surface area contributed by atoms with Crippen LogP contribution in [-0.2, 0) is 0 Å². The zero-order valence-electron chi connectivity index (χ0n) is 15.4. The van der Waals surface area contributed by atoms with Crippen molar-refractivity contribution < 1.29 is 9.18 Å². The molecule has 3 aromatic rings. The number of nitrogens with one attached hydrogen (secondary N) is 1. The van der Waals surface area contributed by atoms with E-state index in [1.54, 1.807) is 0 Å². The SMILES string of the molecule is Cc1nc2cc(F)cc(C(=O)Nc3cccc(N4CCCC4)c3)c2nc1C. The molecule has 1 aliphatic rings. The van der Waals surface area contributed by atoms with E-state index in [-0.39, 0.29) is 5.56 Å². The van der Waals surface area contributed by atoms with Gasteiger partial charge in [0, 0.05) is 30.5 Å². The van der Waals surface area contributed by atoms with E-state index < -0.39 is 11.7 Å². The molecule has 0 bridgehead atoms. The Balaban J connectivity index is 1.67. The fourth-order valence-electron chi connectivity index (χ4n) is 3.42. The number of fused-ring (bicyclic) bond motifs is 1. The average Bonchev–Trinajstić information content (AvgIpc) is 3.17. The van der Waals surface area contributed by atoms with Gasteiger partial charge in [0.1, 0.15) is 11.3 Å². The third-order valence-corrected chi connectivity index (χ3v) is 4.97. The van der Waals surface area contributed by atoms with Crippen molar-refractivity contribution in [3.05, 3.63) is 59.2 Å². The van der Waals surface area contributed by atoms with Crippen LogP contribution in [0, 0.1) is 19.7 Å². The Morgan fingerprint density at radius 1 is 1.07 bits per heavy atom. The van der Waals surface area contributed by atoms with Crippen molar-refractivity contribution in [3.63, 3.8) is 0 Å². The molecular formula is C21H21FN4O. The minimum Gasteiger partial charge on any atom is -0.371 e. The van der Waals surface area contributed by atoms with Gasteiger partial charge in [-0.2, -0.15) is 0 Å². The summed E-state index contributed by atoms with van der Waals surface area (Å²) in [6.07, 6.45) is 2.37. The molecule has 4 rings (SSSR count). The summed E-state index contributed by atoms with van der Waals surface area (Å²) in [5.41, 5.74) is 4.19. The lowest BCUT2D eigenvalue weighted by Crippen LogP contribution is -2.18. The standard InChI is InChI=1S/C21H21FN4O/c1-13-14(2)24-20-18(10-15(22)11-19(20)23-13)21(27)25-16-6-5-7-17(12-16)26-8-3-4-9-26/h5-7,10-12H,3-4,8-9H2,1-2H3,(H,25,27). The number of carbonyl (C=O) groups is 1. The van der Waals surface area contributed by atoms with E-state index >= 15 is 0 Å². The van der Waals surface area contributed by atoms with Crippen molar-refractivity contribution >= 4 is 28.3 Å². The molecule has 1 saturated heterocycles. The van der Waals surface area contributed by atoms with Gasteiger partial charge in [-0.05, 0) is 51.0 Å². The van der Waals surface area contributed by atoms with Crippen LogP contribution in [0.3, 0.4) is 0 Å². The lowest BCUT2D eigenvalue weighted by atomic mass is 10.1. The van der Waals surface area contributed by atoms with E-state index in [0.29, 0.717) is 16.7 Å². The molecule has 2 aromatic carbocycles. The molecule has 0 radical (unpaired) electrons. The Morgan fingerprint density at radius 3 is 2.59 bits per heavy atom. The molecule has 1 fully saturated rings. The maximum atomic E-state index is 14.0. The highest BCUT2D eigenvalue weighted by molar-refractivity contribution is 6.11. The molecule has 0 spiro atoms. The first-order chi connectivity index (χ1) is 13.0. The summed E-state index contributed by atoms with van der Waals surface area (Å²) in [6, 6.07) is 10.3. The van der Waals surface area contributed by atoms with Crippen LogP contribution in [0.2, 0.25) is 0 Å². The number of aromatic nitrogens is 2. The number of nitrogens with zero attached hydrogens (tertiary/aromatic N) is 3. The van der Waals surface area contributed by atoms with Gasteiger partial charge < -0.3 is 10.2 Å². The third-order valence-electron chi connectivity index (χ3n) is 4.97. The average molecular weight is 364 g/mol. The predicted molar refractivity (Wildman–Crippen MR) is 105 cm³/mol. The molecule has 0 saturated carbocycles. The second-order valence-electron chi connectivity index (χ2n) is 6.91. The van der Waals surface area contributed by atoms with Crippen LogP contribution in [-0.4, -0.2) is 29.0 Å². The van der Waals surface area contributed by atoms with E-state index in [4.69, 9.17) is 0 Å². The number of carbonyl (C=O) groups excluding carboxylic acids is 1. The van der Waals surface area contributed by atoms with Crippen LogP contribution in [0.5, 0.6) is 0 Å². The van der Waals surface area contributed by atoms with Crippen LogP contribution in [0.4, 0.5) is 15.8 Å². The molecule has 0 unspecified atom stereocenters. The molecule has 138 valence electrons. The van der Waals surface area contributed by atoms with Crippen molar-refractivity contribution in [2.45, 2.75) is 26.7 Å². The Labute approximate surface area is 157 Å². The van der Waals surface area contributed by atoms with Crippen molar-refractivity contribution in [2.24, 2.45) is 0 Å². The largest absolute Gasteiger partial charge is 0.371 e. The van der Waals surface area contributed by atoms with E-state index in [9.17, 15) is 9.18 Å². The Hall–Kier alpha value is -3.02. The van der Waals surface area contributed by atoms with Gasteiger partial charge in [-0.1, -0.05) is 6.07 Å². The molecule has 1 N–H and O–H groups in total. The van der Waals surface area contributed by atoms with Gasteiger partial charge in [0.25, 0.3) is 5.91 Å². The number of halogens is 1. The number of hydrogen-bond donors (Lipinski definition) is 1. The van der Waals surface area contributed by atoms with Gasteiger partial charge in [0.15, 0.2) is 0 Å². The first-order valence-electron chi connectivity index (χ1n) is 9.12. The number of benzene rings is 2. The highest BCUT2D eigenvalue weighted by Crippen LogP contribution is 2.25. The maximum absolute atomic E-state index is 14.0. The van der Waals surface area contributed by atoms with Gasteiger partial charge in [0.05, 0.1) is 22.5 Å². The maximum Gasteiger partial charge on any atom is 0.258 e. The molecule has 6 heteroatoms. The summed E-state index contributed by atoms with van der Waals surface area (Å²) in [5.74, 6) is -0.897. The predicted octanol–water partition coefficient (Wildman–Crippen LogP) is 4.24. The van der Waals surface area contributed by atoms with Gasteiger partial charge in [-0.3, -0.25) is 4.79 Å². The first kappa shape index (κ1) is 17.4. The second kappa shape index (κ2) is 6.95. The van der Waals surface area contributed by atoms with Crippen LogP contribution in [0.25, 0.3) is 11.0 Å². The van der Waals surface area contributed by atoms with Crippen LogP contribution >= 0.6 is 0 Å². The summed E-state index contributed by atoms with van der Waals surface area (Å²) in [4.78, 5) is 24.0. The number of aryl methyl sites for hydroxylation is 2. The van der Waals surface area contributed by atoms with Gasteiger partial charge in [0.2, 0.25) is 0 Å². The monoisotopic (exact) mass is 364 g/mol. The summed E-state index contributed by atoms with van der Waals surface area (Å²) in [6.45, 7) is 5.70. The molecule has 2 heterocycles.